The molecule has 128 valence electrons. The summed E-state index contributed by atoms with van der Waals surface area (Å²) in [7, 11) is 0. The number of ether oxygens (including phenoxy) is 2. The van der Waals surface area contributed by atoms with Gasteiger partial charge in [0.1, 0.15) is 5.70 Å². The highest BCUT2D eigenvalue weighted by atomic mass is 79.9. The molecular formula is C18H13BrClNO4. The van der Waals surface area contributed by atoms with Crippen LogP contribution in [0.1, 0.15) is 15.9 Å². The smallest absolute Gasteiger partial charge is 0.355 e. The molecule has 7 heteroatoms. The summed E-state index contributed by atoms with van der Waals surface area (Å²) in [5, 5.41) is 2.88. The molecule has 0 radical (unpaired) electrons. The van der Waals surface area contributed by atoms with Gasteiger partial charge in [-0.25, -0.2) is 9.59 Å². The molecule has 5 nitrogen and oxygen atoms in total. The molecule has 25 heavy (non-hydrogen) atoms. The van der Waals surface area contributed by atoms with Crippen molar-refractivity contribution in [1.82, 2.24) is 0 Å². The van der Waals surface area contributed by atoms with Crippen molar-refractivity contribution >= 4 is 45.2 Å². The quantitative estimate of drug-likeness (QED) is 0.742. The van der Waals surface area contributed by atoms with Crippen LogP contribution in [-0.2, 0) is 14.3 Å². The molecule has 1 unspecified atom stereocenters. The summed E-state index contributed by atoms with van der Waals surface area (Å²) in [6, 6.07) is 14.2. The lowest BCUT2D eigenvalue weighted by atomic mass is 10.2. The Labute approximate surface area is 157 Å². The SMILES string of the molecule is Cc1ccccc1NC1=C(Cl)C(=O)OC1OC(=O)c1ccccc1Br. The first kappa shape index (κ1) is 17.5. The van der Waals surface area contributed by atoms with E-state index in [0.29, 0.717) is 10.0 Å². The number of aryl methyl sites for hydroxylation is 1. The number of hydrogen-bond acceptors (Lipinski definition) is 5. The molecule has 0 amide bonds. The third kappa shape index (κ3) is 3.70. The van der Waals surface area contributed by atoms with Gasteiger partial charge in [0.05, 0.1) is 5.56 Å². The van der Waals surface area contributed by atoms with Gasteiger partial charge in [-0.2, -0.15) is 0 Å². The monoisotopic (exact) mass is 421 g/mol. The molecule has 1 aliphatic heterocycles. The van der Waals surface area contributed by atoms with E-state index in [2.05, 4.69) is 21.2 Å². The molecule has 0 fully saturated rings. The van der Waals surface area contributed by atoms with Crippen LogP contribution in [0.5, 0.6) is 0 Å². The molecule has 0 spiro atoms. The molecule has 1 heterocycles. The number of benzene rings is 2. The average molecular weight is 423 g/mol. The molecule has 0 aromatic heterocycles. The molecule has 1 aliphatic rings. The Balaban J connectivity index is 1.84. The van der Waals surface area contributed by atoms with Crippen LogP contribution in [0.2, 0.25) is 0 Å². The Bertz CT molecular complexity index is 881. The number of anilines is 1. The molecule has 2 aromatic rings. The third-order valence-electron chi connectivity index (χ3n) is 3.59. The summed E-state index contributed by atoms with van der Waals surface area (Å²) in [6.07, 6.45) is -1.24. The molecule has 0 saturated carbocycles. The number of cyclic esters (lactones) is 1. The Morgan fingerprint density at radius 1 is 1.20 bits per heavy atom. The zero-order chi connectivity index (χ0) is 18.0. The van der Waals surface area contributed by atoms with Gasteiger partial charge in [0, 0.05) is 10.2 Å². The standard InChI is InChI=1S/C18H13BrClNO4/c1-10-6-2-5-9-13(10)21-15-14(20)17(23)25-18(15)24-16(22)11-7-3-4-8-12(11)19/h2-9,18,21H,1H3. The Hall–Kier alpha value is -2.31. The van der Waals surface area contributed by atoms with Crippen LogP contribution in [0.4, 0.5) is 5.69 Å². The second-order valence-corrected chi connectivity index (χ2v) is 6.52. The third-order valence-corrected chi connectivity index (χ3v) is 4.64. The van der Waals surface area contributed by atoms with Crippen molar-refractivity contribution < 1.29 is 19.1 Å². The minimum atomic E-state index is -1.24. The fraction of sp³-hybridized carbons (Fsp3) is 0.111. The van der Waals surface area contributed by atoms with Crippen LogP contribution in [0.3, 0.4) is 0 Å². The lowest BCUT2D eigenvalue weighted by molar-refractivity contribution is -0.152. The van der Waals surface area contributed by atoms with Crippen LogP contribution < -0.4 is 5.32 Å². The van der Waals surface area contributed by atoms with Crippen molar-refractivity contribution in [1.29, 1.82) is 0 Å². The van der Waals surface area contributed by atoms with E-state index in [1.165, 1.54) is 0 Å². The largest absolute Gasteiger partial charge is 0.415 e. The molecular weight excluding hydrogens is 410 g/mol. The van der Waals surface area contributed by atoms with Gasteiger partial charge in [0.2, 0.25) is 0 Å². The molecule has 0 bridgehead atoms. The average Bonchev–Trinajstić information content (AvgIpc) is 2.84. The van der Waals surface area contributed by atoms with Crippen LogP contribution in [-0.4, -0.2) is 18.2 Å². The maximum atomic E-state index is 12.4. The molecule has 2 aromatic carbocycles. The minimum absolute atomic E-state index is 0.145. The van der Waals surface area contributed by atoms with Crippen LogP contribution in [0.25, 0.3) is 0 Å². The highest BCUT2D eigenvalue weighted by Gasteiger charge is 2.37. The number of nitrogens with one attached hydrogen (secondary N) is 1. The second kappa shape index (κ2) is 7.29. The van der Waals surface area contributed by atoms with E-state index >= 15 is 0 Å². The molecule has 1 N–H and O–H groups in total. The first-order valence-corrected chi connectivity index (χ1v) is 8.53. The van der Waals surface area contributed by atoms with Gasteiger partial charge < -0.3 is 14.8 Å². The second-order valence-electron chi connectivity index (χ2n) is 5.29. The topological polar surface area (TPSA) is 64.6 Å². The summed E-state index contributed by atoms with van der Waals surface area (Å²) in [6.45, 7) is 1.90. The van der Waals surface area contributed by atoms with Gasteiger partial charge >= 0.3 is 11.9 Å². The van der Waals surface area contributed by atoms with E-state index < -0.39 is 18.2 Å². The lowest BCUT2D eigenvalue weighted by Gasteiger charge is -2.17. The summed E-state index contributed by atoms with van der Waals surface area (Å²) < 4.78 is 11.0. The van der Waals surface area contributed by atoms with Gasteiger partial charge in [-0.3, -0.25) is 0 Å². The fourth-order valence-corrected chi connectivity index (χ4v) is 2.89. The molecule has 0 aliphatic carbocycles. The maximum Gasteiger partial charge on any atom is 0.355 e. The van der Waals surface area contributed by atoms with E-state index in [1.807, 2.05) is 31.2 Å². The highest BCUT2D eigenvalue weighted by Crippen LogP contribution is 2.30. The number of carbonyl (C=O) groups is 2. The molecule has 0 saturated heterocycles. The summed E-state index contributed by atoms with van der Waals surface area (Å²) in [5.41, 5.74) is 2.18. The van der Waals surface area contributed by atoms with Crippen molar-refractivity contribution in [2.45, 2.75) is 13.2 Å². The maximum absolute atomic E-state index is 12.4. The molecule has 1 atom stereocenters. The number of carbonyl (C=O) groups excluding carboxylic acids is 2. The van der Waals surface area contributed by atoms with Gasteiger partial charge in [0.15, 0.2) is 5.03 Å². The predicted octanol–water partition coefficient (Wildman–Crippen LogP) is 4.36. The first-order valence-electron chi connectivity index (χ1n) is 7.36. The summed E-state index contributed by atoms with van der Waals surface area (Å²) in [4.78, 5) is 24.2. The van der Waals surface area contributed by atoms with Crippen molar-refractivity contribution in [3.63, 3.8) is 0 Å². The van der Waals surface area contributed by atoms with Crippen molar-refractivity contribution in [3.05, 3.63) is 74.9 Å². The molecule has 3 rings (SSSR count). The fourth-order valence-electron chi connectivity index (χ4n) is 2.26. The minimum Gasteiger partial charge on any atom is -0.415 e. The van der Waals surface area contributed by atoms with Crippen molar-refractivity contribution in [2.75, 3.05) is 5.32 Å². The van der Waals surface area contributed by atoms with Gasteiger partial charge in [-0.1, -0.05) is 41.9 Å². The highest BCUT2D eigenvalue weighted by molar-refractivity contribution is 9.10. The first-order chi connectivity index (χ1) is 12.0. The van der Waals surface area contributed by atoms with Crippen LogP contribution >= 0.6 is 27.5 Å². The number of para-hydroxylation sites is 1. The number of halogens is 2. The Kier molecular flexibility index (Phi) is 5.11. The van der Waals surface area contributed by atoms with Crippen LogP contribution in [0.15, 0.2) is 63.7 Å². The van der Waals surface area contributed by atoms with E-state index in [1.54, 1.807) is 24.3 Å². The van der Waals surface area contributed by atoms with E-state index in [4.69, 9.17) is 21.1 Å². The van der Waals surface area contributed by atoms with E-state index in [-0.39, 0.29) is 10.7 Å². The van der Waals surface area contributed by atoms with Gasteiger partial charge in [-0.15, -0.1) is 0 Å². The summed E-state index contributed by atoms with van der Waals surface area (Å²) >= 11 is 9.31. The van der Waals surface area contributed by atoms with E-state index in [0.717, 1.165) is 11.3 Å². The predicted molar refractivity (Wildman–Crippen MR) is 97.1 cm³/mol. The van der Waals surface area contributed by atoms with Gasteiger partial charge in [0.25, 0.3) is 6.29 Å². The number of esters is 2. The van der Waals surface area contributed by atoms with Crippen molar-refractivity contribution in [3.8, 4) is 0 Å². The Morgan fingerprint density at radius 2 is 1.88 bits per heavy atom. The zero-order valence-electron chi connectivity index (χ0n) is 13.1. The van der Waals surface area contributed by atoms with E-state index in [9.17, 15) is 9.59 Å². The normalized spacial score (nSPS) is 16.6. The summed E-state index contributed by atoms with van der Waals surface area (Å²) in [5.74, 6) is -1.39. The van der Waals surface area contributed by atoms with Crippen molar-refractivity contribution in [2.24, 2.45) is 0 Å². The van der Waals surface area contributed by atoms with Gasteiger partial charge in [-0.05, 0) is 46.6 Å². The lowest BCUT2D eigenvalue weighted by Crippen LogP contribution is -2.24. The zero-order valence-corrected chi connectivity index (χ0v) is 15.4. The number of rotatable bonds is 4. The van der Waals surface area contributed by atoms with Crippen LogP contribution in [0, 0.1) is 6.92 Å². The number of hydrogen-bond donors (Lipinski definition) is 1. The Morgan fingerprint density at radius 3 is 2.60 bits per heavy atom.